The first-order valence-corrected chi connectivity index (χ1v) is 24.7. The number of aliphatic hydroxyl groups excluding tert-OH is 3. The van der Waals surface area contributed by atoms with Crippen LogP contribution in [0.15, 0.2) is 84.9 Å². The zero-order valence-electron chi connectivity index (χ0n) is 43.6. The van der Waals surface area contributed by atoms with Crippen LogP contribution in [0.3, 0.4) is 0 Å². The number of carbonyl (C=O) groups excluding carboxylic acids is 3. The maximum Gasteiger partial charge on any atom is 0.331 e. The summed E-state index contributed by atoms with van der Waals surface area (Å²) in [6.07, 6.45) is -5.98. The number of benzene rings is 4. The van der Waals surface area contributed by atoms with Gasteiger partial charge in [0.15, 0.2) is 41.7 Å². The van der Waals surface area contributed by atoms with Crippen molar-refractivity contribution in [1.29, 1.82) is 0 Å². The van der Waals surface area contributed by atoms with Crippen LogP contribution in [0.1, 0.15) is 46.2 Å². The standard InChI is InChI=1S/C30H37NO13.C25H30O10/c1-17-3-4-19(13-22(17)34)11-12-41-30-27(39)29(40-2)28(24(43-30)16-42-31-20(15-32)7-9-25(36)37)44-26(38)10-6-18-5-8-21(33)23(35)14-18;1-14-3-4-16(11-18(14)27)9-10-33-25-23(31)24(32-2)22(30)20(35-25)13-34-21(29)8-6-15-5-7-17(26)19(28)12-15/h3-6,8,10,13-15,20,24,27-31,33-35,39H,7,9,11-12,16H2,1-2H3,(H,36,37);3-8,11-12,20,22-28,30-31H,9-10,13H2,1-2H3/b10-6+;8-6+/t20-,24-,27-,28+,29+,30+;20-,22+,23-,24-,25+/m00/s1. The summed E-state index contributed by atoms with van der Waals surface area (Å²) in [5.74, 6) is -3.67. The number of aldehydes is 1. The second kappa shape index (κ2) is 30.8. The number of carboxylic acids is 1. The van der Waals surface area contributed by atoms with E-state index < -0.39 is 85.4 Å². The fourth-order valence-corrected chi connectivity index (χ4v) is 7.92. The second-order valence-electron chi connectivity index (χ2n) is 18.2. The van der Waals surface area contributed by atoms with Crippen LogP contribution >= 0.6 is 0 Å². The summed E-state index contributed by atoms with van der Waals surface area (Å²) in [6, 6.07) is 17.5. The molecule has 430 valence electrons. The molecule has 2 saturated heterocycles. The number of esters is 2. The fraction of sp³-hybridized carbons (Fsp3) is 0.418. The fourth-order valence-electron chi connectivity index (χ4n) is 7.92. The van der Waals surface area contributed by atoms with Crippen LogP contribution in [-0.4, -0.2) is 183 Å². The Morgan fingerprint density at radius 2 is 1.11 bits per heavy atom. The van der Waals surface area contributed by atoms with E-state index in [0.29, 0.717) is 30.3 Å². The Morgan fingerprint density at radius 3 is 1.59 bits per heavy atom. The number of aliphatic carboxylic acids is 1. The molecule has 0 radical (unpaired) electrons. The molecule has 24 heteroatoms. The van der Waals surface area contributed by atoms with Gasteiger partial charge in [0, 0.05) is 32.8 Å². The van der Waals surface area contributed by atoms with Crippen LogP contribution in [0.4, 0.5) is 0 Å². The number of hydrogen-bond donors (Lipinski definition) is 11. The average molecular weight is 1110 g/mol. The van der Waals surface area contributed by atoms with Crippen molar-refractivity contribution in [2.75, 3.05) is 40.6 Å². The molecule has 11 atom stereocenters. The van der Waals surface area contributed by atoms with Gasteiger partial charge in [-0.05, 0) is 115 Å². The number of carboxylic acid groups (broad SMARTS) is 1. The van der Waals surface area contributed by atoms with E-state index in [1.165, 1.54) is 62.8 Å². The molecule has 0 amide bonds. The second-order valence-corrected chi connectivity index (χ2v) is 18.2. The molecule has 4 aromatic carbocycles. The van der Waals surface area contributed by atoms with Gasteiger partial charge in [-0.25, -0.2) is 9.59 Å². The molecule has 79 heavy (non-hydrogen) atoms. The van der Waals surface area contributed by atoms with Crippen LogP contribution < -0.4 is 5.48 Å². The molecule has 0 unspecified atom stereocenters. The van der Waals surface area contributed by atoms with Crippen molar-refractivity contribution in [2.45, 2.75) is 107 Å². The van der Waals surface area contributed by atoms with E-state index in [9.17, 15) is 65.1 Å². The topological polar surface area (TPSA) is 366 Å². The number of aliphatic hydroxyl groups is 3. The van der Waals surface area contributed by atoms with E-state index in [1.807, 2.05) is 12.1 Å². The van der Waals surface area contributed by atoms with E-state index in [0.717, 1.165) is 34.4 Å². The van der Waals surface area contributed by atoms with Gasteiger partial charge in [0.1, 0.15) is 67.1 Å². The van der Waals surface area contributed by atoms with Gasteiger partial charge in [0.25, 0.3) is 0 Å². The highest BCUT2D eigenvalue weighted by Gasteiger charge is 2.49. The lowest BCUT2D eigenvalue weighted by Gasteiger charge is -2.43. The van der Waals surface area contributed by atoms with E-state index in [1.54, 1.807) is 38.1 Å². The number of phenols is 6. The molecule has 0 saturated carbocycles. The number of carbonyl (C=O) groups is 4. The van der Waals surface area contributed by atoms with Crippen LogP contribution in [0.2, 0.25) is 0 Å². The third kappa shape index (κ3) is 19.0. The highest BCUT2D eigenvalue weighted by atomic mass is 16.7. The summed E-state index contributed by atoms with van der Waals surface area (Å²) >= 11 is 0. The highest BCUT2D eigenvalue weighted by Crippen LogP contribution is 2.30. The molecule has 0 aromatic heterocycles. The number of hydroxylamine groups is 1. The molecule has 0 bridgehead atoms. The molecular weight excluding hydrogens is 1040 g/mol. The molecule has 0 spiro atoms. The third-order valence-corrected chi connectivity index (χ3v) is 12.5. The number of methoxy groups -OCH3 is 2. The molecule has 2 aliphatic heterocycles. The number of nitrogens with one attached hydrogen (secondary N) is 1. The van der Waals surface area contributed by atoms with Crippen molar-refractivity contribution in [3.05, 3.63) is 118 Å². The number of aromatic hydroxyl groups is 6. The Kier molecular flexibility index (Phi) is 24.4. The number of hydrogen-bond acceptors (Lipinski definition) is 23. The number of aryl methyl sites for hydroxylation is 2. The first kappa shape index (κ1) is 62.6. The summed E-state index contributed by atoms with van der Waals surface area (Å²) < 4.78 is 44.5. The summed E-state index contributed by atoms with van der Waals surface area (Å²) in [5, 5.41) is 98.7. The van der Waals surface area contributed by atoms with Crippen molar-refractivity contribution in [1.82, 2.24) is 5.48 Å². The van der Waals surface area contributed by atoms with Crippen LogP contribution in [0.25, 0.3) is 12.2 Å². The first-order chi connectivity index (χ1) is 37.7. The van der Waals surface area contributed by atoms with Crippen molar-refractivity contribution >= 4 is 36.3 Å². The summed E-state index contributed by atoms with van der Waals surface area (Å²) in [7, 11) is 2.62. The molecule has 2 aliphatic rings. The van der Waals surface area contributed by atoms with E-state index in [2.05, 4.69) is 5.48 Å². The highest BCUT2D eigenvalue weighted by molar-refractivity contribution is 5.88. The Hall–Kier alpha value is -7.20. The normalized spacial score (nSPS) is 23.4. The van der Waals surface area contributed by atoms with Gasteiger partial charge >= 0.3 is 17.9 Å². The molecule has 24 nitrogen and oxygen atoms in total. The Bertz CT molecular complexity index is 2700. The quantitative estimate of drug-likeness (QED) is 0.0149. The molecule has 0 aliphatic carbocycles. The van der Waals surface area contributed by atoms with Crippen molar-refractivity contribution in [3.63, 3.8) is 0 Å². The molecule has 2 fully saturated rings. The minimum atomic E-state index is -1.41. The monoisotopic (exact) mass is 1110 g/mol. The average Bonchev–Trinajstić information content (AvgIpc) is 3.49. The number of ether oxygens (including phenoxy) is 8. The molecular formula is C55H67NO23. The SMILES string of the molecule is CO[C@@H]1[C@H](O)[C@H](OCCc2ccc(C)c(O)c2)O[C@@H](COC(=O)/C=C/c2ccc(O)c(O)c2)[C@H]1O.CO[C@@H]1[C@H](O)[C@H](OCCc2ccc(C)c(O)c2)O[C@@H](CON[C@H](C=O)CCC(=O)O)[C@H]1OC(=O)/C=C/c1ccc(O)c(O)c1. The zero-order valence-corrected chi connectivity index (χ0v) is 43.6. The van der Waals surface area contributed by atoms with E-state index in [-0.39, 0.29) is 73.8 Å². The van der Waals surface area contributed by atoms with Crippen molar-refractivity contribution < 1.29 is 113 Å². The van der Waals surface area contributed by atoms with Crippen molar-refractivity contribution in [2.24, 2.45) is 0 Å². The summed E-state index contributed by atoms with van der Waals surface area (Å²) in [4.78, 5) is 52.5. The van der Waals surface area contributed by atoms with Gasteiger partial charge in [-0.2, -0.15) is 5.48 Å². The maximum absolute atomic E-state index is 12.8. The van der Waals surface area contributed by atoms with Gasteiger partial charge in [-0.3, -0.25) is 9.63 Å². The lowest BCUT2D eigenvalue weighted by molar-refractivity contribution is -0.309. The minimum Gasteiger partial charge on any atom is -0.508 e. The van der Waals surface area contributed by atoms with Gasteiger partial charge in [0.2, 0.25) is 0 Å². The summed E-state index contributed by atoms with van der Waals surface area (Å²) in [5.41, 5.74) is 6.40. The maximum atomic E-state index is 12.8. The lowest BCUT2D eigenvalue weighted by Crippen LogP contribution is -2.61. The van der Waals surface area contributed by atoms with Crippen LogP contribution in [-0.2, 0) is 74.8 Å². The zero-order chi connectivity index (χ0) is 57.8. The Balaban J connectivity index is 0.000000298. The summed E-state index contributed by atoms with van der Waals surface area (Å²) in [6.45, 7) is 3.14. The molecule has 6 rings (SSSR count). The molecule has 2 heterocycles. The van der Waals surface area contributed by atoms with Gasteiger partial charge in [-0.1, -0.05) is 36.4 Å². The van der Waals surface area contributed by atoms with Crippen LogP contribution in [0, 0.1) is 13.8 Å². The van der Waals surface area contributed by atoms with Gasteiger partial charge < -0.3 is 93.8 Å². The smallest absolute Gasteiger partial charge is 0.331 e. The number of rotatable bonds is 25. The van der Waals surface area contributed by atoms with Gasteiger partial charge in [-0.15, -0.1) is 0 Å². The number of phenolic OH excluding ortho intramolecular Hbond substituents is 6. The minimum absolute atomic E-state index is 0.0416. The van der Waals surface area contributed by atoms with Crippen LogP contribution in [0.5, 0.6) is 34.5 Å². The molecule has 11 N–H and O–H groups in total. The first-order valence-electron chi connectivity index (χ1n) is 24.7. The van der Waals surface area contributed by atoms with E-state index >= 15 is 0 Å². The molecule has 4 aromatic rings. The Morgan fingerprint density at radius 1 is 0.608 bits per heavy atom. The van der Waals surface area contributed by atoms with E-state index in [4.69, 9.17) is 47.8 Å². The predicted molar refractivity (Wildman–Crippen MR) is 276 cm³/mol. The lowest BCUT2D eigenvalue weighted by atomic mass is 9.98. The largest absolute Gasteiger partial charge is 0.508 e. The van der Waals surface area contributed by atoms with Crippen molar-refractivity contribution in [3.8, 4) is 34.5 Å². The third-order valence-electron chi connectivity index (χ3n) is 12.5. The van der Waals surface area contributed by atoms with Gasteiger partial charge in [0.05, 0.1) is 25.9 Å². The Labute approximate surface area is 454 Å². The predicted octanol–water partition coefficient (Wildman–Crippen LogP) is 2.74.